The molecule has 0 aliphatic rings. The van der Waals surface area contributed by atoms with Crippen molar-refractivity contribution in [1.29, 1.82) is 0 Å². The molecule has 0 unspecified atom stereocenters. The summed E-state index contributed by atoms with van der Waals surface area (Å²) in [7, 11) is 0. The van der Waals surface area contributed by atoms with Gasteiger partial charge in [0.15, 0.2) is 0 Å². The van der Waals surface area contributed by atoms with E-state index in [1.807, 2.05) is 0 Å². The van der Waals surface area contributed by atoms with E-state index in [1.165, 1.54) is 12.8 Å². The van der Waals surface area contributed by atoms with Crippen LogP contribution in [0.25, 0.3) is 0 Å². The Morgan fingerprint density at radius 1 is 1.33 bits per heavy atom. The van der Waals surface area contributed by atoms with Crippen LogP contribution in [0.1, 0.15) is 26.7 Å². The molecule has 0 amide bonds. The number of hydrogen-bond acceptors (Lipinski definition) is 0. The molecule has 34 valence electrons. The molecule has 0 aromatic heterocycles. The average Bonchev–Trinajstić information content (AvgIpc) is 1.65. The summed E-state index contributed by atoms with van der Waals surface area (Å²) in [5.74, 6) is 0. The van der Waals surface area contributed by atoms with E-state index in [9.17, 15) is 0 Å². The Morgan fingerprint density at radius 2 is 1.67 bits per heavy atom. The molecule has 0 aliphatic carbocycles. The van der Waals surface area contributed by atoms with E-state index in [0.29, 0.717) is 0 Å². The Morgan fingerprint density at radius 3 is 1.67 bits per heavy atom. The van der Waals surface area contributed by atoms with Gasteiger partial charge in [0.05, 0.1) is 0 Å². The molecular weight excluding hydrogens is 179 g/mol. The summed E-state index contributed by atoms with van der Waals surface area (Å²) >= 11 is 1.62. The van der Waals surface area contributed by atoms with E-state index in [0.717, 1.165) is 0 Å². The molecule has 2 radical (unpaired) electrons. The fourth-order valence-corrected chi connectivity index (χ4v) is 0.250. The molecule has 1 heteroatoms. The third kappa shape index (κ3) is 2.88. The molecule has 0 nitrogen and oxygen atoms in total. The maximum absolute atomic E-state index is 2.22. The molecule has 0 atom stereocenters. The van der Waals surface area contributed by atoms with Crippen molar-refractivity contribution in [2.45, 2.75) is 26.7 Å². The standard InChI is InChI=1S/C5H10.Sn/c1-3-5-4-2;/h3-4H2,1-2H3;. The van der Waals surface area contributed by atoms with Crippen molar-refractivity contribution in [2.24, 2.45) is 0 Å². The van der Waals surface area contributed by atoms with Crippen LogP contribution in [0.3, 0.4) is 0 Å². The second-order valence-corrected chi connectivity index (χ2v) is 3.33. The first kappa shape index (κ1) is 6.67. The van der Waals surface area contributed by atoms with E-state index >= 15 is 0 Å². The third-order valence-electron chi connectivity index (χ3n) is 0.854. The van der Waals surface area contributed by atoms with E-state index in [-0.39, 0.29) is 0 Å². The molecular formula is C5H10Sn. The first-order valence-electron chi connectivity index (χ1n) is 2.37. The van der Waals surface area contributed by atoms with Crippen molar-refractivity contribution in [3.05, 3.63) is 0 Å². The Kier molecular flexibility index (Phi) is 4.27. The van der Waals surface area contributed by atoms with Crippen LogP contribution in [0, 0.1) is 0 Å². The summed E-state index contributed by atoms with van der Waals surface area (Å²) in [6, 6.07) is 0. The van der Waals surface area contributed by atoms with Crippen molar-refractivity contribution in [3.63, 3.8) is 0 Å². The van der Waals surface area contributed by atoms with Gasteiger partial charge in [0.2, 0.25) is 0 Å². The molecule has 0 saturated heterocycles. The predicted octanol–water partition coefficient (Wildman–Crippen LogP) is 1.15. The fraction of sp³-hybridized carbons (Fsp3) is 0.800. The molecule has 0 saturated carbocycles. The summed E-state index contributed by atoms with van der Waals surface area (Å²) in [6.45, 7) is 4.43. The third-order valence-corrected chi connectivity index (χ3v) is 2.87. The van der Waals surface area contributed by atoms with Crippen molar-refractivity contribution in [3.8, 4) is 0 Å². The Hall–Kier alpha value is 0.669. The van der Waals surface area contributed by atoms with Gasteiger partial charge < -0.3 is 0 Å². The topological polar surface area (TPSA) is 0 Å². The van der Waals surface area contributed by atoms with Gasteiger partial charge in [-0.3, -0.25) is 0 Å². The Bertz CT molecular complexity index is 41.9. The minimum absolute atomic E-state index is 1.29. The van der Waals surface area contributed by atoms with Crippen LogP contribution in [-0.2, 0) is 0 Å². The van der Waals surface area contributed by atoms with Crippen LogP contribution in [0.15, 0.2) is 0 Å². The van der Waals surface area contributed by atoms with Crippen molar-refractivity contribution in [2.75, 3.05) is 0 Å². The van der Waals surface area contributed by atoms with E-state index < -0.39 is 0 Å². The quantitative estimate of drug-likeness (QED) is 0.571. The van der Waals surface area contributed by atoms with Crippen LogP contribution in [0.2, 0.25) is 0 Å². The molecule has 0 spiro atoms. The molecule has 0 heterocycles. The molecule has 6 heavy (non-hydrogen) atoms. The molecule has 0 aliphatic heterocycles. The van der Waals surface area contributed by atoms with Gasteiger partial charge in [0, 0.05) is 0 Å². The normalized spacial score (nSPS) is 8.33. The van der Waals surface area contributed by atoms with Crippen LogP contribution in [0.5, 0.6) is 0 Å². The van der Waals surface area contributed by atoms with Crippen molar-refractivity contribution >= 4 is 25.6 Å². The zero-order chi connectivity index (χ0) is 4.99. The number of rotatable bonds is 2. The zero-order valence-corrected chi connectivity index (χ0v) is 7.27. The summed E-state index contributed by atoms with van der Waals surface area (Å²) in [4.78, 5) is 0. The van der Waals surface area contributed by atoms with Gasteiger partial charge >= 0.3 is 52.3 Å². The number of hydrogen-bond donors (Lipinski definition) is 0. The van der Waals surface area contributed by atoms with Gasteiger partial charge in [-0.1, -0.05) is 0 Å². The monoisotopic (exact) mass is 190 g/mol. The molecule has 0 bridgehead atoms. The van der Waals surface area contributed by atoms with Gasteiger partial charge in [0.25, 0.3) is 0 Å². The van der Waals surface area contributed by atoms with Crippen LogP contribution < -0.4 is 0 Å². The summed E-state index contributed by atoms with van der Waals surface area (Å²) in [5, 5.41) is 0. The van der Waals surface area contributed by atoms with E-state index in [2.05, 4.69) is 13.8 Å². The molecule has 0 aromatic rings. The second kappa shape index (κ2) is 3.85. The molecule has 0 aromatic carbocycles. The maximum atomic E-state index is 2.22. The predicted molar refractivity (Wildman–Crippen MR) is 31.3 cm³/mol. The Labute approximate surface area is 52.5 Å². The fourth-order valence-electron chi connectivity index (χ4n) is 0.250. The van der Waals surface area contributed by atoms with Crippen LogP contribution in [-0.4, -0.2) is 25.6 Å². The van der Waals surface area contributed by atoms with E-state index in [1.54, 1.807) is 25.6 Å². The first-order chi connectivity index (χ1) is 2.81. The molecule has 0 rings (SSSR count). The van der Waals surface area contributed by atoms with Gasteiger partial charge in [-0.15, -0.1) is 0 Å². The molecule has 0 fully saturated rings. The van der Waals surface area contributed by atoms with Gasteiger partial charge in [0.1, 0.15) is 0 Å². The minimum atomic E-state index is 1.29. The summed E-state index contributed by atoms with van der Waals surface area (Å²) < 4.78 is 1.68. The van der Waals surface area contributed by atoms with Crippen LogP contribution >= 0.6 is 0 Å². The summed E-state index contributed by atoms with van der Waals surface area (Å²) in [5.41, 5.74) is 0. The van der Waals surface area contributed by atoms with Gasteiger partial charge in [-0.2, -0.15) is 0 Å². The van der Waals surface area contributed by atoms with Gasteiger partial charge in [-0.05, 0) is 0 Å². The van der Waals surface area contributed by atoms with E-state index in [4.69, 9.17) is 0 Å². The molecule has 0 N–H and O–H groups in total. The van der Waals surface area contributed by atoms with Crippen molar-refractivity contribution < 1.29 is 0 Å². The van der Waals surface area contributed by atoms with Crippen LogP contribution in [0.4, 0.5) is 0 Å². The SMILES string of the molecule is CC[C](=[Sn])CC. The second-order valence-electron chi connectivity index (χ2n) is 1.31. The summed E-state index contributed by atoms with van der Waals surface area (Å²) in [6.07, 6.45) is 2.57. The average molecular weight is 189 g/mol. The van der Waals surface area contributed by atoms with Gasteiger partial charge in [-0.25, -0.2) is 0 Å². The Balaban J connectivity index is 2.99. The zero-order valence-electron chi connectivity index (χ0n) is 4.41. The van der Waals surface area contributed by atoms with Crippen molar-refractivity contribution in [1.82, 2.24) is 0 Å². The first-order valence-corrected chi connectivity index (χ1v) is 3.80.